The molecule has 0 aliphatic rings. The van der Waals surface area contributed by atoms with Gasteiger partial charge < -0.3 is 4.18 Å². The maximum Gasteiger partial charge on any atom is 0.534 e. The van der Waals surface area contributed by atoms with Crippen LogP contribution in [0, 0.1) is 0 Å². The maximum absolute atomic E-state index is 12.1. The van der Waals surface area contributed by atoms with Crippen LogP contribution in [0.5, 0.6) is 0 Å². The summed E-state index contributed by atoms with van der Waals surface area (Å²) >= 11 is 11.2. The molecule has 0 unspecified atom stereocenters. The van der Waals surface area contributed by atoms with Crippen molar-refractivity contribution >= 4 is 39.1 Å². The molecule has 0 saturated carbocycles. The first-order valence-electron chi connectivity index (χ1n) is 4.19. The van der Waals surface area contributed by atoms with Gasteiger partial charge in [-0.3, -0.25) is 0 Å². The fourth-order valence-electron chi connectivity index (χ4n) is 0.897. The molecule has 0 radical (unpaired) electrons. The van der Waals surface area contributed by atoms with E-state index in [1.807, 2.05) is 0 Å². The predicted molar refractivity (Wildman–Crippen MR) is 61.6 cm³/mol. The maximum atomic E-state index is 12.1. The highest BCUT2D eigenvalue weighted by Crippen LogP contribution is 2.31. The summed E-state index contributed by atoms with van der Waals surface area (Å²) in [6, 6.07) is 3.63. The minimum absolute atomic E-state index is 0.0303. The Morgan fingerprint density at radius 3 is 2.22 bits per heavy atom. The molecular formula is C9H5Cl2F3O3S. The van der Waals surface area contributed by atoms with Crippen molar-refractivity contribution in [2.45, 2.75) is 5.51 Å². The summed E-state index contributed by atoms with van der Waals surface area (Å²) in [6.45, 7) is 3.09. The summed E-state index contributed by atoms with van der Waals surface area (Å²) < 4.78 is 61.4. The molecule has 1 rings (SSSR count). The first-order valence-corrected chi connectivity index (χ1v) is 6.36. The van der Waals surface area contributed by atoms with E-state index in [2.05, 4.69) is 10.8 Å². The zero-order chi connectivity index (χ0) is 14.1. The average molecular weight is 321 g/mol. The van der Waals surface area contributed by atoms with E-state index >= 15 is 0 Å². The highest BCUT2D eigenvalue weighted by atomic mass is 35.5. The van der Waals surface area contributed by atoms with Crippen molar-refractivity contribution in [3.05, 3.63) is 40.4 Å². The molecule has 0 saturated heterocycles. The summed E-state index contributed by atoms with van der Waals surface area (Å²) in [6.07, 6.45) is 0. The molecular weight excluding hydrogens is 316 g/mol. The molecule has 0 atom stereocenters. The lowest BCUT2D eigenvalue weighted by molar-refractivity contribution is -0.0509. The van der Waals surface area contributed by atoms with Crippen LogP contribution in [0.15, 0.2) is 24.8 Å². The predicted octanol–water partition coefficient (Wildman–Crippen LogP) is 3.83. The van der Waals surface area contributed by atoms with Crippen LogP contribution in [0.25, 0.3) is 5.76 Å². The van der Waals surface area contributed by atoms with Gasteiger partial charge in [-0.1, -0.05) is 29.8 Å². The average Bonchev–Trinajstić information content (AvgIpc) is 2.19. The van der Waals surface area contributed by atoms with Gasteiger partial charge in [0.15, 0.2) is 0 Å². The van der Waals surface area contributed by atoms with E-state index in [1.54, 1.807) is 0 Å². The smallest absolute Gasteiger partial charge is 0.376 e. The number of alkyl halides is 3. The van der Waals surface area contributed by atoms with E-state index < -0.39 is 21.4 Å². The summed E-state index contributed by atoms with van der Waals surface area (Å²) in [4.78, 5) is 0. The van der Waals surface area contributed by atoms with Crippen molar-refractivity contribution in [2.24, 2.45) is 0 Å². The molecule has 0 heterocycles. The van der Waals surface area contributed by atoms with Gasteiger partial charge in [0.2, 0.25) is 0 Å². The van der Waals surface area contributed by atoms with Gasteiger partial charge in [0, 0.05) is 5.56 Å². The molecule has 0 aromatic heterocycles. The lowest BCUT2D eigenvalue weighted by atomic mass is 10.2. The molecule has 3 nitrogen and oxygen atoms in total. The van der Waals surface area contributed by atoms with Crippen molar-refractivity contribution in [3.63, 3.8) is 0 Å². The largest absolute Gasteiger partial charge is 0.534 e. The first kappa shape index (κ1) is 15.1. The third-order valence-corrected chi connectivity index (χ3v) is 3.46. The summed E-state index contributed by atoms with van der Waals surface area (Å²) in [5, 5.41) is 0.190. The Labute approximate surface area is 111 Å². The lowest BCUT2D eigenvalue weighted by Crippen LogP contribution is -2.24. The first-order chi connectivity index (χ1) is 8.04. The Morgan fingerprint density at radius 2 is 1.78 bits per heavy atom. The second-order valence-corrected chi connectivity index (χ2v) is 5.39. The molecule has 0 aliphatic heterocycles. The molecule has 0 aliphatic carbocycles. The van der Waals surface area contributed by atoms with Crippen molar-refractivity contribution in [1.29, 1.82) is 0 Å². The van der Waals surface area contributed by atoms with Crippen LogP contribution in [0.2, 0.25) is 10.0 Å². The van der Waals surface area contributed by atoms with E-state index in [0.29, 0.717) is 0 Å². The van der Waals surface area contributed by atoms with Crippen LogP contribution in [-0.2, 0) is 14.3 Å². The Bertz CT molecular complexity index is 581. The molecule has 18 heavy (non-hydrogen) atoms. The number of hydrogen-bond acceptors (Lipinski definition) is 3. The Morgan fingerprint density at radius 1 is 1.22 bits per heavy atom. The Balaban J connectivity index is 3.00. The van der Waals surface area contributed by atoms with Crippen molar-refractivity contribution in [1.82, 2.24) is 0 Å². The molecule has 0 N–H and O–H groups in total. The third-order valence-electron chi connectivity index (χ3n) is 1.74. The van der Waals surface area contributed by atoms with E-state index in [1.165, 1.54) is 12.1 Å². The van der Waals surface area contributed by atoms with Gasteiger partial charge in [-0.2, -0.15) is 21.6 Å². The second kappa shape index (κ2) is 4.99. The van der Waals surface area contributed by atoms with E-state index in [-0.39, 0.29) is 15.6 Å². The summed E-state index contributed by atoms with van der Waals surface area (Å²) in [5.41, 5.74) is -5.55. The van der Waals surface area contributed by atoms with Crippen LogP contribution in [-0.4, -0.2) is 13.9 Å². The molecule has 9 heteroatoms. The van der Waals surface area contributed by atoms with Crippen LogP contribution in [0.3, 0.4) is 0 Å². The fourth-order valence-corrected chi connectivity index (χ4v) is 1.65. The molecule has 0 spiro atoms. The van der Waals surface area contributed by atoms with Crippen molar-refractivity contribution in [2.75, 3.05) is 0 Å². The van der Waals surface area contributed by atoms with Crippen LogP contribution in [0.4, 0.5) is 13.2 Å². The SMILES string of the molecule is C=C(OS(=O)(=O)C(F)(F)F)c1ccc(Cl)c(Cl)c1. The highest BCUT2D eigenvalue weighted by molar-refractivity contribution is 7.87. The number of hydrogen-bond donors (Lipinski definition) is 0. The van der Waals surface area contributed by atoms with E-state index in [0.717, 1.165) is 6.07 Å². The minimum atomic E-state index is -5.74. The van der Waals surface area contributed by atoms with E-state index in [9.17, 15) is 21.6 Å². The van der Waals surface area contributed by atoms with Gasteiger partial charge in [-0.25, -0.2) is 0 Å². The quantitative estimate of drug-likeness (QED) is 0.483. The van der Waals surface area contributed by atoms with Crippen molar-refractivity contribution < 1.29 is 25.8 Å². The standard InChI is InChI=1S/C9H5Cl2F3O3S/c1-5(17-18(15,16)9(12,13)14)6-2-3-7(10)8(11)4-6/h2-4H,1H2. The van der Waals surface area contributed by atoms with Crippen molar-refractivity contribution in [3.8, 4) is 0 Å². The third kappa shape index (κ3) is 3.30. The van der Waals surface area contributed by atoms with Gasteiger partial charge in [-0.15, -0.1) is 0 Å². The molecule has 1 aromatic rings. The van der Waals surface area contributed by atoms with Crippen LogP contribution in [0.1, 0.15) is 5.56 Å². The summed E-state index contributed by atoms with van der Waals surface area (Å²) in [5.74, 6) is -0.703. The minimum Gasteiger partial charge on any atom is -0.376 e. The lowest BCUT2D eigenvalue weighted by Gasteiger charge is -2.11. The van der Waals surface area contributed by atoms with Gasteiger partial charge in [0.1, 0.15) is 5.76 Å². The molecule has 100 valence electrons. The number of halogens is 5. The van der Waals surface area contributed by atoms with E-state index in [4.69, 9.17) is 23.2 Å². The normalized spacial score (nSPS) is 12.3. The monoisotopic (exact) mass is 320 g/mol. The molecule has 0 fully saturated rings. The van der Waals surface area contributed by atoms with Crippen LogP contribution < -0.4 is 0 Å². The number of benzene rings is 1. The van der Waals surface area contributed by atoms with Crippen LogP contribution >= 0.6 is 23.2 Å². The second-order valence-electron chi connectivity index (χ2n) is 3.04. The molecule has 0 bridgehead atoms. The van der Waals surface area contributed by atoms with Gasteiger partial charge in [-0.05, 0) is 18.2 Å². The number of rotatable bonds is 3. The highest BCUT2D eigenvalue weighted by Gasteiger charge is 2.48. The molecule has 1 aromatic carbocycles. The van der Waals surface area contributed by atoms with Gasteiger partial charge >= 0.3 is 15.6 Å². The summed E-state index contributed by atoms with van der Waals surface area (Å²) in [7, 11) is -5.74. The van der Waals surface area contributed by atoms with Gasteiger partial charge in [0.25, 0.3) is 0 Å². The van der Waals surface area contributed by atoms with Gasteiger partial charge in [0.05, 0.1) is 10.0 Å². The zero-order valence-electron chi connectivity index (χ0n) is 8.46. The topological polar surface area (TPSA) is 43.4 Å². The Hall–Kier alpha value is -0.920. The Kier molecular flexibility index (Phi) is 4.19. The fraction of sp³-hybridized carbons (Fsp3) is 0.111. The zero-order valence-corrected chi connectivity index (χ0v) is 10.8. The molecule has 0 amide bonds.